The molecule has 40 heavy (non-hydrogen) atoms. The number of esters is 1. The Labute approximate surface area is 240 Å². The van der Waals surface area contributed by atoms with Gasteiger partial charge in [0.2, 0.25) is 5.79 Å². The number of aryl methyl sites for hydroxylation is 1. The van der Waals surface area contributed by atoms with Gasteiger partial charge in [0.15, 0.2) is 11.2 Å². The van der Waals surface area contributed by atoms with Crippen LogP contribution in [0.1, 0.15) is 111 Å². The lowest BCUT2D eigenvalue weighted by molar-refractivity contribution is -0.347. The number of ketones is 1. The van der Waals surface area contributed by atoms with E-state index in [-0.39, 0.29) is 40.9 Å². The molecule has 2 aliphatic rings. The van der Waals surface area contributed by atoms with Crippen molar-refractivity contribution in [3.05, 3.63) is 44.2 Å². The minimum atomic E-state index is -1.34. The van der Waals surface area contributed by atoms with Gasteiger partial charge in [-0.15, -0.1) is 0 Å². The van der Waals surface area contributed by atoms with Gasteiger partial charge < -0.3 is 18.6 Å². The second kappa shape index (κ2) is 12.2. The van der Waals surface area contributed by atoms with Crippen LogP contribution in [0.25, 0.3) is 0 Å². The lowest BCUT2D eigenvalue weighted by atomic mass is 9.70. The number of carbonyl (C=O) groups excluding carboxylic acids is 2. The van der Waals surface area contributed by atoms with Gasteiger partial charge in [-0.1, -0.05) is 55.4 Å². The zero-order valence-corrected chi connectivity index (χ0v) is 26.6. The van der Waals surface area contributed by atoms with Gasteiger partial charge in [-0.3, -0.25) is 14.4 Å². The first-order valence-electron chi connectivity index (χ1n) is 15.1. The smallest absolute Gasteiger partial charge is 0.306 e. The Morgan fingerprint density at radius 3 is 2.17 bits per heavy atom. The van der Waals surface area contributed by atoms with Crippen LogP contribution >= 0.6 is 0 Å². The van der Waals surface area contributed by atoms with Crippen LogP contribution in [0, 0.1) is 43.4 Å². The van der Waals surface area contributed by atoms with Crippen molar-refractivity contribution in [1.82, 2.24) is 0 Å². The SMILES string of the molecule is CCc1oc([C@H](C)C2O[C@@]3(OC([C@H](C)CC)=C(C)C(=O)[C@@H]3C)[C@@H](C)[C@@H](OC(=O)CC(C)C)[C@@H]2C)c(C)c(=O)c1C. The highest BCUT2D eigenvalue weighted by Gasteiger charge is 2.62. The van der Waals surface area contributed by atoms with E-state index in [4.69, 9.17) is 18.6 Å². The summed E-state index contributed by atoms with van der Waals surface area (Å²) in [7, 11) is 0. The number of carbonyl (C=O) groups is 2. The Kier molecular flexibility index (Phi) is 9.81. The molecule has 0 amide bonds. The van der Waals surface area contributed by atoms with Crippen molar-refractivity contribution in [3.63, 3.8) is 0 Å². The first-order chi connectivity index (χ1) is 18.6. The van der Waals surface area contributed by atoms with Crippen LogP contribution in [0.15, 0.2) is 20.5 Å². The molecule has 7 heteroatoms. The molecule has 0 bridgehead atoms. The number of allylic oxidation sites excluding steroid dienone is 2. The quantitative estimate of drug-likeness (QED) is 0.324. The number of hydrogen-bond acceptors (Lipinski definition) is 7. The van der Waals surface area contributed by atoms with Gasteiger partial charge in [-0.25, -0.2) is 0 Å². The Morgan fingerprint density at radius 2 is 1.62 bits per heavy atom. The highest BCUT2D eigenvalue weighted by molar-refractivity contribution is 5.98. The predicted octanol–water partition coefficient (Wildman–Crippen LogP) is 6.80. The maximum Gasteiger partial charge on any atom is 0.306 e. The zero-order valence-electron chi connectivity index (χ0n) is 26.6. The van der Waals surface area contributed by atoms with Gasteiger partial charge in [0.25, 0.3) is 0 Å². The van der Waals surface area contributed by atoms with E-state index in [1.165, 1.54) is 0 Å². The molecule has 2 aliphatic heterocycles. The Morgan fingerprint density at radius 1 is 1.00 bits per heavy atom. The van der Waals surface area contributed by atoms with E-state index in [2.05, 4.69) is 6.92 Å². The van der Waals surface area contributed by atoms with Gasteiger partial charge in [-0.2, -0.15) is 0 Å². The minimum absolute atomic E-state index is 0.0192. The summed E-state index contributed by atoms with van der Waals surface area (Å²) in [6, 6.07) is 0. The average molecular weight is 559 g/mol. The molecule has 224 valence electrons. The molecule has 1 aromatic rings. The Balaban J connectivity index is 2.19. The number of ether oxygens (including phenoxy) is 3. The van der Waals surface area contributed by atoms with Gasteiger partial charge in [0.1, 0.15) is 23.4 Å². The van der Waals surface area contributed by atoms with E-state index in [1.807, 2.05) is 62.3 Å². The van der Waals surface area contributed by atoms with E-state index < -0.39 is 29.8 Å². The molecule has 1 unspecified atom stereocenters. The number of Topliss-reactive ketones (excluding diaryl/α,β-unsaturated/α-hetero) is 1. The highest BCUT2D eigenvalue weighted by atomic mass is 16.7. The average Bonchev–Trinajstić information content (AvgIpc) is 2.91. The molecule has 0 N–H and O–H groups in total. The van der Waals surface area contributed by atoms with Crippen molar-refractivity contribution in [2.24, 2.45) is 29.6 Å². The summed E-state index contributed by atoms with van der Waals surface area (Å²) in [5.74, 6) is -1.30. The fourth-order valence-electron chi connectivity index (χ4n) is 6.56. The Bertz CT molecular complexity index is 1210. The fourth-order valence-corrected chi connectivity index (χ4v) is 6.56. The van der Waals surface area contributed by atoms with E-state index >= 15 is 0 Å². The fraction of sp³-hybridized carbons (Fsp3) is 0.727. The van der Waals surface area contributed by atoms with Crippen LogP contribution in [-0.2, 0) is 30.2 Å². The first kappa shape index (κ1) is 32.1. The van der Waals surface area contributed by atoms with Crippen molar-refractivity contribution in [2.45, 2.75) is 126 Å². The lowest BCUT2D eigenvalue weighted by Gasteiger charge is -2.56. The molecule has 7 nitrogen and oxygen atoms in total. The van der Waals surface area contributed by atoms with Crippen molar-refractivity contribution in [2.75, 3.05) is 0 Å². The second-order valence-corrected chi connectivity index (χ2v) is 12.6. The van der Waals surface area contributed by atoms with Crippen LogP contribution in [0.3, 0.4) is 0 Å². The molecule has 0 aliphatic carbocycles. The van der Waals surface area contributed by atoms with E-state index in [0.717, 1.165) is 6.42 Å². The third-order valence-electron chi connectivity index (χ3n) is 9.32. The molecule has 1 aromatic heterocycles. The summed E-state index contributed by atoms with van der Waals surface area (Å²) in [6.45, 7) is 23.2. The summed E-state index contributed by atoms with van der Waals surface area (Å²) >= 11 is 0. The summed E-state index contributed by atoms with van der Waals surface area (Å²) in [6.07, 6.45) is 0.573. The topological polar surface area (TPSA) is 92.0 Å². The molecule has 0 radical (unpaired) electrons. The van der Waals surface area contributed by atoms with E-state index in [9.17, 15) is 14.4 Å². The van der Waals surface area contributed by atoms with E-state index in [0.29, 0.717) is 46.8 Å². The standard InChI is InChI=1S/C33H50O7/c1-13-17(5)29-20(8)28(36)23(11)33(39-29)24(12)32(38-26(34)15-16(3)4)22(10)31(40-33)21(9)30-19(7)27(35)18(6)25(14-2)37-30/h16-17,21-24,31-32H,13-15H2,1-12H3/t17-,21+,22-,23+,24+,31?,32+,33-/m1/s1. The summed E-state index contributed by atoms with van der Waals surface area (Å²) < 4.78 is 26.3. The maximum atomic E-state index is 13.7. The third-order valence-corrected chi connectivity index (χ3v) is 9.32. The largest absolute Gasteiger partial charge is 0.465 e. The monoisotopic (exact) mass is 558 g/mol. The van der Waals surface area contributed by atoms with Crippen molar-refractivity contribution >= 4 is 11.8 Å². The third kappa shape index (κ3) is 5.55. The van der Waals surface area contributed by atoms with Crippen molar-refractivity contribution in [3.8, 4) is 0 Å². The molecule has 0 aromatic carbocycles. The van der Waals surface area contributed by atoms with Crippen molar-refractivity contribution < 1.29 is 28.2 Å². The van der Waals surface area contributed by atoms with Crippen LogP contribution < -0.4 is 5.43 Å². The first-order valence-corrected chi connectivity index (χ1v) is 15.1. The molecule has 3 heterocycles. The zero-order chi connectivity index (χ0) is 30.3. The number of hydrogen-bond donors (Lipinski definition) is 0. The van der Waals surface area contributed by atoms with Crippen LogP contribution in [0.5, 0.6) is 0 Å². The maximum absolute atomic E-state index is 13.7. The molecule has 3 rings (SSSR count). The molecule has 0 saturated carbocycles. The number of rotatable bonds is 8. The van der Waals surface area contributed by atoms with Crippen LogP contribution in [0.2, 0.25) is 0 Å². The van der Waals surface area contributed by atoms with Gasteiger partial charge in [0, 0.05) is 47.3 Å². The summed E-state index contributed by atoms with van der Waals surface area (Å²) in [4.78, 5) is 39.9. The lowest BCUT2D eigenvalue weighted by Crippen LogP contribution is -2.65. The molecule has 1 saturated heterocycles. The predicted molar refractivity (Wildman–Crippen MR) is 155 cm³/mol. The van der Waals surface area contributed by atoms with Gasteiger partial charge in [-0.05, 0) is 40.0 Å². The summed E-state index contributed by atoms with van der Waals surface area (Å²) in [5, 5.41) is 0. The van der Waals surface area contributed by atoms with E-state index in [1.54, 1.807) is 13.8 Å². The molecule has 1 fully saturated rings. The van der Waals surface area contributed by atoms with Crippen molar-refractivity contribution in [1.29, 1.82) is 0 Å². The minimum Gasteiger partial charge on any atom is -0.465 e. The van der Waals surface area contributed by atoms with Crippen LogP contribution in [0.4, 0.5) is 0 Å². The van der Waals surface area contributed by atoms with Crippen LogP contribution in [-0.4, -0.2) is 29.7 Å². The summed E-state index contributed by atoms with van der Waals surface area (Å²) in [5.41, 5.74) is 1.75. The molecular formula is C33H50O7. The normalized spacial score (nSPS) is 30.4. The second-order valence-electron chi connectivity index (χ2n) is 12.6. The highest BCUT2D eigenvalue weighted by Crippen LogP contribution is 2.52. The molecule has 8 atom stereocenters. The van der Waals surface area contributed by atoms with Gasteiger partial charge >= 0.3 is 5.97 Å². The molecule has 1 spiro atoms. The molecular weight excluding hydrogens is 508 g/mol. The van der Waals surface area contributed by atoms with Gasteiger partial charge in [0.05, 0.1) is 17.9 Å². The Hall–Kier alpha value is -2.41.